The summed E-state index contributed by atoms with van der Waals surface area (Å²) in [5, 5.41) is 40.1. The van der Waals surface area contributed by atoms with Gasteiger partial charge in [-0.05, 0) is 64.2 Å². The largest absolute Gasteiger partial charge is 0.457 e. The van der Waals surface area contributed by atoms with Gasteiger partial charge in [-0.15, -0.1) is 0 Å². The Kier molecular flexibility index (Phi) is 35.5. The number of carbonyl (C=O) groups excluding carboxylic acids is 1. The van der Waals surface area contributed by atoms with E-state index in [1.807, 2.05) is 0 Å². The Hall–Kier alpha value is -1.59. The first-order valence-electron chi connectivity index (χ1n) is 22.6. The molecule has 0 amide bonds. The summed E-state index contributed by atoms with van der Waals surface area (Å²) in [6.45, 7) is 4.47. The molecule has 0 aromatic heterocycles. The van der Waals surface area contributed by atoms with Crippen LogP contribution < -0.4 is 0 Å². The van der Waals surface area contributed by atoms with Crippen molar-refractivity contribution in [3.05, 3.63) is 36.5 Å². The fourth-order valence-electron chi connectivity index (χ4n) is 6.70. The molecule has 55 heavy (non-hydrogen) atoms. The van der Waals surface area contributed by atoms with Gasteiger partial charge in [-0.3, -0.25) is 4.79 Å². The maximum absolute atomic E-state index is 12.7. The molecule has 1 saturated heterocycles. The van der Waals surface area contributed by atoms with Crippen LogP contribution >= 0.6 is 0 Å². The molecule has 4 N–H and O–H groups in total. The predicted octanol–water partition coefficient (Wildman–Crippen LogP) is 9.97. The first-order valence-corrected chi connectivity index (χ1v) is 22.6. The summed E-state index contributed by atoms with van der Waals surface area (Å²) in [5.74, 6) is -0.329. The molecule has 0 aromatic carbocycles. The van der Waals surface area contributed by atoms with Crippen LogP contribution in [0.5, 0.6) is 0 Å². The molecule has 322 valence electrons. The zero-order valence-electron chi connectivity index (χ0n) is 35.2. The van der Waals surface area contributed by atoms with E-state index in [2.05, 4.69) is 50.3 Å². The van der Waals surface area contributed by atoms with Crippen LogP contribution in [0.2, 0.25) is 0 Å². The molecule has 1 rings (SSSR count). The van der Waals surface area contributed by atoms with Gasteiger partial charge in [0, 0.05) is 13.0 Å². The summed E-state index contributed by atoms with van der Waals surface area (Å²) in [7, 11) is 0. The van der Waals surface area contributed by atoms with Crippen molar-refractivity contribution >= 4 is 5.97 Å². The Morgan fingerprint density at radius 1 is 0.582 bits per heavy atom. The lowest BCUT2D eigenvalue weighted by atomic mass is 9.99. The second-order valence-corrected chi connectivity index (χ2v) is 15.5. The number of rotatable bonds is 38. The number of allylic oxidation sites excluding steroid dienone is 6. The molecule has 6 atom stereocenters. The molecule has 9 heteroatoms. The van der Waals surface area contributed by atoms with Gasteiger partial charge in [-0.2, -0.15) is 0 Å². The molecule has 1 aliphatic heterocycles. The zero-order chi connectivity index (χ0) is 40.0. The third-order valence-electron chi connectivity index (χ3n) is 10.3. The summed E-state index contributed by atoms with van der Waals surface area (Å²) in [6.07, 6.45) is 37.4. The van der Waals surface area contributed by atoms with E-state index in [1.165, 1.54) is 103 Å². The minimum absolute atomic E-state index is 0.120. The smallest absolute Gasteiger partial charge is 0.306 e. The maximum atomic E-state index is 12.7. The molecule has 9 nitrogen and oxygen atoms in total. The average Bonchev–Trinajstić information content (AvgIpc) is 3.18. The number of hydrogen-bond donors (Lipinski definition) is 4. The number of hydrogen-bond acceptors (Lipinski definition) is 9. The normalized spacial score (nSPS) is 21.0. The maximum Gasteiger partial charge on any atom is 0.306 e. The first-order chi connectivity index (χ1) is 26.9. The topological polar surface area (TPSA) is 135 Å². The molecular formula is C46H84O9. The standard InChI is InChI=1S/C46H84O9/c1-3-5-7-9-11-13-15-17-18-19-20-21-22-24-26-28-30-32-34-36-52-38-40(39-53-46-45(51)44(50)43(49)41(37-47)55-46)54-42(48)35-33-31-29-27-25-23-16-14-12-10-8-6-4-2/h8,10,14,16,18-19,40-41,43-47,49-51H,3-7,9,11-13,15,17,20-39H2,1-2H3/b10-8-,16-14-,19-18-. The van der Waals surface area contributed by atoms with Gasteiger partial charge in [0.05, 0.1) is 19.8 Å². The average molecular weight is 781 g/mol. The van der Waals surface area contributed by atoms with Crippen molar-refractivity contribution in [1.82, 2.24) is 0 Å². The summed E-state index contributed by atoms with van der Waals surface area (Å²) < 4.78 is 22.8. The number of unbranched alkanes of at least 4 members (excludes halogenated alkanes) is 21. The molecule has 1 aliphatic rings. The van der Waals surface area contributed by atoms with Crippen LogP contribution in [0.4, 0.5) is 0 Å². The van der Waals surface area contributed by atoms with Gasteiger partial charge in [0.15, 0.2) is 6.29 Å². The van der Waals surface area contributed by atoms with E-state index in [-0.39, 0.29) is 19.2 Å². The summed E-state index contributed by atoms with van der Waals surface area (Å²) in [5.41, 5.74) is 0. The minimum atomic E-state index is -1.54. The van der Waals surface area contributed by atoms with Crippen molar-refractivity contribution in [2.45, 2.75) is 224 Å². The van der Waals surface area contributed by atoms with Gasteiger partial charge >= 0.3 is 5.97 Å². The van der Waals surface area contributed by atoms with Crippen LogP contribution in [0, 0.1) is 0 Å². The molecule has 0 spiro atoms. The number of aliphatic hydroxyl groups is 4. The van der Waals surface area contributed by atoms with Crippen molar-refractivity contribution in [3.8, 4) is 0 Å². The highest BCUT2D eigenvalue weighted by atomic mass is 16.7. The van der Waals surface area contributed by atoms with Crippen LogP contribution in [0.3, 0.4) is 0 Å². The number of aliphatic hydroxyl groups excluding tert-OH is 4. The monoisotopic (exact) mass is 781 g/mol. The van der Waals surface area contributed by atoms with Crippen LogP contribution in [-0.4, -0.2) is 89.6 Å². The van der Waals surface area contributed by atoms with Crippen LogP contribution in [-0.2, 0) is 23.7 Å². The predicted molar refractivity (Wildman–Crippen MR) is 224 cm³/mol. The first kappa shape index (κ1) is 51.4. The van der Waals surface area contributed by atoms with Gasteiger partial charge in [-0.25, -0.2) is 0 Å². The van der Waals surface area contributed by atoms with Crippen LogP contribution in [0.1, 0.15) is 187 Å². The Morgan fingerprint density at radius 2 is 1.09 bits per heavy atom. The van der Waals surface area contributed by atoms with E-state index in [4.69, 9.17) is 18.9 Å². The fourth-order valence-corrected chi connectivity index (χ4v) is 6.70. The molecule has 0 bridgehead atoms. The molecule has 6 unspecified atom stereocenters. The van der Waals surface area contributed by atoms with Crippen molar-refractivity contribution in [2.75, 3.05) is 26.4 Å². The number of ether oxygens (including phenoxy) is 4. The highest BCUT2D eigenvalue weighted by molar-refractivity contribution is 5.69. The molecule has 0 radical (unpaired) electrons. The van der Waals surface area contributed by atoms with Gasteiger partial charge in [0.2, 0.25) is 0 Å². The van der Waals surface area contributed by atoms with Crippen molar-refractivity contribution in [3.63, 3.8) is 0 Å². The lowest BCUT2D eigenvalue weighted by Crippen LogP contribution is -2.59. The van der Waals surface area contributed by atoms with Crippen molar-refractivity contribution in [1.29, 1.82) is 0 Å². The third kappa shape index (κ3) is 29.3. The lowest BCUT2D eigenvalue weighted by molar-refractivity contribution is -0.305. The van der Waals surface area contributed by atoms with E-state index in [0.717, 1.165) is 64.2 Å². The summed E-state index contributed by atoms with van der Waals surface area (Å²) in [6, 6.07) is 0. The number of esters is 1. The van der Waals surface area contributed by atoms with Crippen LogP contribution in [0.25, 0.3) is 0 Å². The van der Waals surface area contributed by atoms with Gasteiger partial charge in [-0.1, -0.05) is 153 Å². The molecule has 1 fully saturated rings. The summed E-state index contributed by atoms with van der Waals surface area (Å²) in [4.78, 5) is 12.7. The highest BCUT2D eigenvalue weighted by Gasteiger charge is 2.44. The Morgan fingerprint density at radius 3 is 1.65 bits per heavy atom. The van der Waals surface area contributed by atoms with Crippen molar-refractivity contribution < 1.29 is 44.2 Å². The SMILES string of the molecule is CCC/C=C\C/C=C\CCCCCCCC(=O)OC(COCCCCCCCCCC/C=C\CCCCCCCCC)COC1OC(CO)C(O)C(O)C1O. The fraction of sp³-hybridized carbons (Fsp3) is 0.848. The molecular weight excluding hydrogens is 696 g/mol. The van der Waals surface area contributed by atoms with Crippen LogP contribution in [0.15, 0.2) is 36.5 Å². The van der Waals surface area contributed by atoms with E-state index >= 15 is 0 Å². The second kappa shape index (κ2) is 38.0. The van der Waals surface area contributed by atoms with Gasteiger partial charge in [0.1, 0.15) is 30.5 Å². The third-order valence-corrected chi connectivity index (χ3v) is 10.3. The molecule has 0 saturated carbocycles. The van der Waals surface area contributed by atoms with Crippen molar-refractivity contribution in [2.24, 2.45) is 0 Å². The van der Waals surface area contributed by atoms with E-state index in [9.17, 15) is 25.2 Å². The minimum Gasteiger partial charge on any atom is -0.457 e. The van der Waals surface area contributed by atoms with E-state index < -0.39 is 43.4 Å². The van der Waals surface area contributed by atoms with Gasteiger partial charge in [0.25, 0.3) is 0 Å². The zero-order valence-corrected chi connectivity index (χ0v) is 35.2. The Bertz CT molecular complexity index is 936. The Labute approximate surface area is 336 Å². The molecule has 0 aromatic rings. The second-order valence-electron chi connectivity index (χ2n) is 15.5. The van der Waals surface area contributed by atoms with Gasteiger partial charge < -0.3 is 39.4 Å². The summed E-state index contributed by atoms with van der Waals surface area (Å²) >= 11 is 0. The lowest BCUT2D eigenvalue weighted by Gasteiger charge is -2.39. The number of carbonyl (C=O) groups is 1. The highest BCUT2D eigenvalue weighted by Crippen LogP contribution is 2.22. The van der Waals surface area contributed by atoms with E-state index in [0.29, 0.717) is 13.0 Å². The Balaban J connectivity index is 2.25. The van der Waals surface area contributed by atoms with E-state index in [1.54, 1.807) is 0 Å². The quantitative estimate of drug-likeness (QED) is 0.0274. The molecule has 1 heterocycles. The molecule has 0 aliphatic carbocycles.